The Kier molecular flexibility index (Phi) is 6.99. The van der Waals surface area contributed by atoms with Gasteiger partial charge in [-0.3, -0.25) is 14.5 Å². The van der Waals surface area contributed by atoms with Gasteiger partial charge in [0, 0.05) is 38.2 Å². The van der Waals surface area contributed by atoms with E-state index >= 15 is 8.78 Å². The number of benzene rings is 1. The minimum Gasteiger partial charge on any atom is -0.453 e. The van der Waals surface area contributed by atoms with Gasteiger partial charge in [-0.25, -0.2) is 13.6 Å². The number of nitrogens with one attached hydrogen (secondary N) is 1. The quantitative estimate of drug-likeness (QED) is 0.590. The fourth-order valence-electron chi connectivity index (χ4n) is 4.11. The van der Waals surface area contributed by atoms with Gasteiger partial charge in [0.25, 0.3) is 5.91 Å². The number of hydrogen-bond acceptors (Lipinski definition) is 8. The molecule has 2 aromatic rings. The van der Waals surface area contributed by atoms with Gasteiger partial charge < -0.3 is 24.2 Å². The molecule has 2 aliphatic rings. The molecule has 4 rings (SSSR count). The second-order valence-corrected chi connectivity index (χ2v) is 8.17. The van der Waals surface area contributed by atoms with E-state index in [2.05, 4.69) is 10.5 Å². The Morgan fingerprint density at radius 2 is 2.06 bits per heavy atom. The van der Waals surface area contributed by atoms with Crippen LogP contribution in [0.1, 0.15) is 25.8 Å². The highest BCUT2D eigenvalue weighted by Crippen LogP contribution is 2.33. The zero-order chi connectivity index (χ0) is 25.1. The summed E-state index contributed by atoms with van der Waals surface area (Å²) in [6, 6.07) is 3.26. The summed E-state index contributed by atoms with van der Waals surface area (Å²) in [6.45, 7) is 3.28. The van der Waals surface area contributed by atoms with Crippen LogP contribution in [0.15, 0.2) is 35.1 Å². The summed E-state index contributed by atoms with van der Waals surface area (Å²) < 4.78 is 44.9. The number of rotatable bonds is 7. The van der Waals surface area contributed by atoms with Crippen molar-refractivity contribution in [2.24, 2.45) is 0 Å². The van der Waals surface area contributed by atoms with E-state index in [1.165, 1.54) is 29.9 Å². The van der Waals surface area contributed by atoms with Gasteiger partial charge in [-0.2, -0.15) is 0 Å². The first-order valence-corrected chi connectivity index (χ1v) is 11.0. The third kappa shape index (κ3) is 5.26. The summed E-state index contributed by atoms with van der Waals surface area (Å²) in [6.07, 6.45) is 1.51. The van der Waals surface area contributed by atoms with Crippen LogP contribution in [0.4, 0.5) is 25.1 Å². The summed E-state index contributed by atoms with van der Waals surface area (Å²) in [5.41, 5.74) is 0.226. The molecule has 0 spiro atoms. The van der Waals surface area contributed by atoms with E-state index in [0.29, 0.717) is 11.4 Å². The predicted molar refractivity (Wildman–Crippen MR) is 119 cm³/mol. The van der Waals surface area contributed by atoms with E-state index in [-0.39, 0.29) is 49.8 Å². The average Bonchev–Trinajstić information content (AvgIpc) is 3.46. The molecule has 35 heavy (non-hydrogen) atoms. The molecule has 12 heteroatoms. The van der Waals surface area contributed by atoms with Crippen LogP contribution in [-0.2, 0) is 19.1 Å². The summed E-state index contributed by atoms with van der Waals surface area (Å²) in [5, 5.41) is 6.70. The Hall–Kier alpha value is -3.96. The highest BCUT2D eigenvalue weighted by molar-refractivity contribution is 5.91. The van der Waals surface area contributed by atoms with Crippen LogP contribution in [0.25, 0.3) is 5.57 Å². The lowest BCUT2D eigenvalue weighted by molar-refractivity contribution is -0.157. The molecule has 2 amide bonds. The van der Waals surface area contributed by atoms with Crippen LogP contribution in [0.2, 0.25) is 0 Å². The normalized spacial score (nSPS) is 18.7. The molecule has 0 bridgehead atoms. The van der Waals surface area contributed by atoms with E-state index in [9.17, 15) is 14.4 Å². The van der Waals surface area contributed by atoms with E-state index in [1.807, 2.05) is 0 Å². The molecule has 1 N–H and O–H groups in total. The maximum atomic E-state index is 15.1. The van der Waals surface area contributed by atoms with Gasteiger partial charge in [-0.15, -0.1) is 0 Å². The number of cyclic esters (lactones) is 1. The molecule has 1 aromatic heterocycles. The van der Waals surface area contributed by atoms with Crippen LogP contribution >= 0.6 is 0 Å². The number of nitrogens with zero attached hydrogens (tertiary/aromatic N) is 3. The number of hydrogen-bond donors (Lipinski definition) is 1. The minimum absolute atomic E-state index is 0.0293. The van der Waals surface area contributed by atoms with Crippen LogP contribution in [-0.4, -0.2) is 66.4 Å². The van der Waals surface area contributed by atoms with Crippen molar-refractivity contribution in [1.29, 1.82) is 0 Å². The molecule has 0 saturated carbocycles. The lowest BCUT2D eigenvalue weighted by Crippen LogP contribution is -2.42. The molecule has 1 aromatic carbocycles. The largest absolute Gasteiger partial charge is 0.453 e. The molecule has 2 atom stereocenters. The van der Waals surface area contributed by atoms with E-state index in [0.717, 1.165) is 12.1 Å². The van der Waals surface area contributed by atoms with Gasteiger partial charge in [0.05, 0.1) is 11.7 Å². The number of esters is 1. The first-order valence-electron chi connectivity index (χ1n) is 11.0. The Morgan fingerprint density at radius 1 is 1.31 bits per heavy atom. The van der Waals surface area contributed by atoms with Crippen molar-refractivity contribution in [1.82, 2.24) is 10.1 Å². The standard InChI is InChI=1S/C23H24F2N4O6/c1-13(35-14(2)30)22(31)28-6-3-15(4-7-28)21-18(24)9-16(10-19(21)25)29-17(12-33-23(29)32)11-26-20-5-8-34-27-20/h3,5,8-10,13,17H,4,6-7,11-12H2,1-2H3,(H,26,27)/t13-,17-/m0/s1. The molecule has 10 nitrogen and oxygen atoms in total. The fourth-order valence-corrected chi connectivity index (χ4v) is 4.11. The first kappa shape index (κ1) is 24.2. The van der Waals surface area contributed by atoms with Crippen molar-refractivity contribution >= 4 is 35.0 Å². The van der Waals surface area contributed by atoms with Crippen molar-refractivity contribution in [3.05, 3.63) is 47.7 Å². The predicted octanol–water partition coefficient (Wildman–Crippen LogP) is 2.96. The van der Waals surface area contributed by atoms with Crippen LogP contribution < -0.4 is 10.2 Å². The first-order chi connectivity index (χ1) is 16.7. The summed E-state index contributed by atoms with van der Waals surface area (Å²) in [5.74, 6) is -2.16. The maximum absolute atomic E-state index is 15.1. The zero-order valence-corrected chi connectivity index (χ0v) is 19.1. The number of anilines is 2. The van der Waals surface area contributed by atoms with Crippen molar-refractivity contribution < 1.29 is 37.2 Å². The lowest BCUT2D eigenvalue weighted by atomic mass is 9.97. The summed E-state index contributed by atoms with van der Waals surface area (Å²) >= 11 is 0. The molecule has 0 unspecified atom stereocenters. The third-order valence-corrected chi connectivity index (χ3v) is 5.76. The van der Waals surface area contributed by atoms with Crippen LogP contribution in [0.5, 0.6) is 0 Å². The van der Waals surface area contributed by atoms with Crippen molar-refractivity contribution in [3.63, 3.8) is 0 Å². The molecular formula is C23H24F2N4O6. The number of aromatic nitrogens is 1. The van der Waals surface area contributed by atoms with E-state index in [1.54, 1.807) is 12.1 Å². The zero-order valence-electron chi connectivity index (χ0n) is 19.1. The van der Waals surface area contributed by atoms with Crippen molar-refractivity contribution in [2.75, 3.05) is 36.5 Å². The molecule has 186 valence electrons. The highest BCUT2D eigenvalue weighted by atomic mass is 19.1. The Balaban J connectivity index is 1.48. The van der Waals surface area contributed by atoms with Gasteiger partial charge in [-0.05, 0) is 31.1 Å². The van der Waals surface area contributed by atoms with Gasteiger partial charge in [-0.1, -0.05) is 11.2 Å². The van der Waals surface area contributed by atoms with Gasteiger partial charge >= 0.3 is 12.1 Å². The monoisotopic (exact) mass is 490 g/mol. The van der Waals surface area contributed by atoms with E-state index in [4.69, 9.17) is 14.0 Å². The van der Waals surface area contributed by atoms with Gasteiger partial charge in [0.15, 0.2) is 11.9 Å². The number of halogens is 2. The number of amides is 2. The lowest BCUT2D eigenvalue weighted by Gasteiger charge is -2.29. The number of carbonyl (C=O) groups excluding carboxylic acids is 3. The van der Waals surface area contributed by atoms with Crippen LogP contribution in [0.3, 0.4) is 0 Å². The minimum atomic E-state index is -0.942. The SMILES string of the molecule is CC(=O)O[C@@H](C)C(=O)N1CC=C(c2c(F)cc(N3C(=O)OC[C@@H]3CNc3ccon3)cc2F)CC1. The van der Waals surface area contributed by atoms with Crippen molar-refractivity contribution in [2.45, 2.75) is 32.4 Å². The van der Waals surface area contributed by atoms with Crippen molar-refractivity contribution in [3.8, 4) is 0 Å². The molecule has 3 heterocycles. The molecular weight excluding hydrogens is 466 g/mol. The molecule has 1 fully saturated rings. The molecule has 1 saturated heterocycles. The topological polar surface area (TPSA) is 114 Å². The molecule has 0 aliphatic carbocycles. The Morgan fingerprint density at radius 3 is 2.66 bits per heavy atom. The summed E-state index contributed by atoms with van der Waals surface area (Å²) in [4.78, 5) is 38.4. The van der Waals surface area contributed by atoms with E-state index < -0.39 is 35.8 Å². The Bertz CT molecular complexity index is 1130. The smallest absolute Gasteiger partial charge is 0.414 e. The average molecular weight is 490 g/mol. The fraction of sp³-hybridized carbons (Fsp3) is 0.391. The number of carbonyl (C=O) groups is 3. The summed E-state index contributed by atoms with van der Waals surface area (Å²) in [7, 11) is 0. The van der Waals surface area contributed by atoms with Crippen LogP contribution in [0, 0.1) is 11.6 Å². The Labute approximate surface area is 199 Å². The maximum Gasteiger partial charge on any atom is 0.414 e. The van der Waals surface area contributed by atoms with Gasteiger partial charge in [0.2, 0.25) is 0 Å². The second kappa shape index (κ2) is 10.1. The third-order valence-electron chi connectivity index (χ3n) is 5.76. The second-order valence-electron chi connectivity index (χ2n) is 8.17. The molecule has 2 aliphatic heterocycles. The molecule has 0 radical (unpaired) electrons. The number of ether oxygens (including phenoxy) is 2. The van der Waals surface area contributed by atoms with Gasteiger partial charge in [0.1, 0.15) is 24.5 Å². The highest BCUT2D eigenvalue weighted by Gasteiger charge is 2.35.